The predicted octanol–water partition coefficient (Wildman–Crippen LogP) is 5.29. The molecule has 154 valence electrons. The number of para-hydroxylation sites is 1. The number of nitrogens with zero attached hydrogens (tertiary/aromatic N) is 1. The van der Waals surface area contributed by atoms with Crippen LogP contribution < -0.4 is 5.73 Å². The molecule has 2 aliphatic rings. The molecule has 0 amide bonds. The van der Waals surface area contributed by atoms with Crippen LogP contribution in [0.15, 0.2) is 77.4 Å². The van der Waals surface area contributed by atoms with E-state index in [2.05, 4.69) is 11.1 Å². The Bertz CT molecular complexity index is 1320. The molecule has 2 aromatic carbocycles. The zero-order valence-electron chi connectivity index (χ0n) is 17.5. The fourth-order valence-corrected chi connectivity index (χ4v) is 4.87. The average Bonchev–Trinajstić information content (AvgIpc) is 3.11. The minimum atomic E-state index is -0.566. The zero-order valence-corrected chi connectivity index (χ0v) is 17.5. The number of H-pyrrole nitrogens is 1. The van der Waals surface area contributed by atoms with Gasteiger partial charge in [-0.1, -0.05) is 62.4 Å². The number of fused-ring (bicyclic) bond motifs is 1. The van der Waals surface area contributed by atoms with Crippen LogP contribution in [0.1, 0.15) is 38.2 Å². The first-order chi connectivity index (χ1) is 14.9. The molecule has 0 spiro atoms. The normalized spacial score (nSPS) is 20.4. The van der Waals surface area contributed by atoms with E-state index in [4.69, 9.17) is 10.5 Å². The summed E-state index contributed by atoms with van der Waals surface area (Å²) in [5.74, 6) is 0.123. The summed E-state index contributed by atoms with van der Waals surface area (Å²) in [7, 11) is 0. The van der Waals surface area contributed by atoms with Gasteiger partial charge in [-0.2, -0.15) is 5.26 Å². The molecule has 5 nitrogen and oxygen atoms in total. The molecule has 1 aliphatic carbocycles. The fourth-order valence-electron chi connectivity index (χ4n) is 4.87. The smallest absolute Gasteiger partial charge is 0.205 e. The van der Waals surface area contributed by atoms with Crippen LogP contribution >= 0.6 is 0 Å². The molecular formula is C26H23N3O2. The lowest BCUT2D eigenvalue weighted by atomic mass is 9.69. The van der Waals surface area contributed by atoms with E-state index < -0.39 is 5.92 Å². The third-order valence-electron chi connectivity index (χ3n) is 6.17. The van der Waals surface area contributed by atoms with Gasteiger partial charge in [-0.05, 0) is 22.6 Å². The molecule has 1 aromatic heterocycles. The van der Waals surface area contributed by atoms with Gasteiger partial charge in [-0.3, -0.25) is 4.79 Å². The number of Topliss-reactive ketones (excluding diaryl/α,β-unsaturated/α-hetero) is 1. The van der Waals surface area contributed by atoms with Crippen molar-refractivity contribution in [3.05, 3.63) is 82.9 Å². The summed E-state index contributed by atoms with van der Waals surface area (Å²) in [6, 6.07) is 20.2. The first kappa shape index (κ1) is 19.2. The van der Waals surface area contributed by atoms with Gasteiger partial charge in [0.15, 0.2) is 5.78 Å². The number of allylic oxidation sites excluding steroid dienone is 3. The SMILES string of the molecule is CC1(C)CC(=O)C2=C(C1)OC(N)=C(C#N)C2c1c(-c2ccccc2)[nH]c2ccccc12. The number of nitriles is 1. The van der Waals surface area contributed by atoms with Crippen LogP contribution in [0.2, 0.25) is 0 Å². The van der Waals surface area contributed by atoms with Crippen molar-refractivity contribution >= 4 is 16.7 Å². The van der Waals surface area contributed by atoms with Crippen molar-refractivity contribution < 1.29 is 9.53 Å². The average molecular weight is 409 g/mol. The molecule has 0 fully saturated rings. The van der Waals surface area contributed by atoms with Crippen molar-refractivity contribution in [2.75, 3.05) is 0 Å². The third-order valence-corrected chi connectivity index (χ3v) is 6.17. The standard InChI is InChI=1S/C26H23N3O2/c1-26(2)12-19(30)23-20(13-26)31-25(28)17(14-27)21(23)22-16-10-6-7-11-18(16)29-24(22)15-8-4-3-5-9-15/h3-11,21,29H,12-13,28H2,1-2H3. The van der Waals surface area contributed by atoms with Crippen molar-refractivity contribution in [1.29, 1.82) is 5.26 Å². The van der Waals surface area contributed by atoms with Gasteiger partial charge in [-0.15, -0.1) is 0 Å². The predicted molar refractivity (Wildman–Crippen MR) is 119 cm³/mol. The Kier molecular flexibility index (Phi) is 4.26. The number of ether oxygens (including phenoxy) is 1. The number of benzene rings is 2. The molecule has 1 unspecified atom stereocenters. The molecular weight excluding hydrogens is 386 g/mol. The second kappa shape index (κ2) is 6.88. The van der Waals surface area contributed by atoms with Gasteiger partial charge in [0.25, 0.3) is 0 Å². The summed E-state index contributed by atoms with van der Waals surface area (Å²) in [4.78, 5) is 16.9. The van der Waals surface area contributed by atoms with E-state index in [-0.39, 0.29) is 22.7 Å². The first-order valence-corrected chi connectivity index (χ1v) is 10.4. The Morgan fingerprint density at radius 1 is 1.10 bits per heavy atom. The Labute approximate surface area is 180 Å². The largest absolute Gasteiger partial charge is 0.444 e. The van der Waals surface area contributed by atoms with E-state index in [1.807, 2.05) is 68.4 Å². The van der Waals surface area contributed by atoms with Gasteiger partial charge in [0.2, 0.25) is 5.88 Å². The van der Waals surface area contributed by atoms with Crippen LogP contribution in [0.4, 0.5) is 0 Å². The lowest BCUT2D eigenvalue weighted by Crippen LogP contribution is -2.33. The van der Waals surface area contributed by atoms with Crippen LogP contribution in [-0.4, -0.2) is 10.8 Å². The lowest BCUT2D eigenvalue weighted by molar-refractivity contribution is -0.119. The second-order valence-electron chi connectivity index (χ2n) is 9.03. The number of carbonyl (C=O) groups is 1. The third kappa shape index (κ3) is 3.03. The molecule has 1 atom stereocenters. The highest BCUT2D eigenvalue weighted by molar-refractivity contribution is 6.02. The quantitative estimate of drug-likeness (QED) is 0.602. The van der Waals surface area contributed by atoms with Gasteiger partial charge >= 0.3 is 0 Å². The molecule has 31 heavy (non-hydrogen) atoms. The van der Waals surface area contributed by atoms with E-state index >= 15 is 0 Å². The van der Waals surface area contributed by atoms with Crippen molar-refractivity contribution in [1.82, 2.24) is 4.98 Å². The zero-order chi connectivity index (χ0) is 21.8. The summed E-state index contributed by atoms with van der Waals surface area (Å²) in [5, 5.41) is 11.0. The van der Waals surface area contributed by atoms with Crippen molar-refractivity contribution in [3.63, 3.8) is 0 Å². The minimum Gasteiger partial charge on any atom is -0.444 e. The molecule has 3 N–H and O–H groups in total. The summed E-state index contributed by atoms with van der Waals surface area (Å²) in [6.07, 6.45) is 1.01. The number of nitrogens with one attached hydrogen (secondary N) is 1. The van der Waals surface area contributed by atoms with Crippen LogP contribution in [0.5, 0.6) is 0 Å². The maximum Gasteiger partial charge on any atom is 0.205 e. The summed E-state index contributed by atoms with van der Waals surface area (Å²) < 4.78 is 5.87. The summed E-state index contributed by atoms with van der Waals surface area (Å²) in [5.41, 5.74) is 10.6. The van der Waals surface area contributed by atoms with Gasteiger partial charge in [0.05, 0.1) is 11.6 Å². The molecule has 1 aliphatic heterocycles. The number of rotatable bonds is 2. The Morgan fingerprint density at radius 2 is 1.81 bits per heavy atom. The van der Waals surface area contributed by atoms with Crippen molar-refractivity contribution in [2.24, 2.45) is 11.1 Å². The summed E-state index contributed by atoms with van der Waals surface area (Å²) >= 11 is 0. The maximum atomic E-state index is 13.4. The number of hydrogen-bond donors (Lipinski definition) is 2. The summed E-state index contributed by atoms with van der Waals surface area (Å²) in [6.45, 7) is 4.10. The number of aromatic amines is 1. The van der Waals surface area contributed by atoms with Gasteiger partial charge in [0, 0.05) is 29.3 Å². The lowest BCUT2D eigenvalue weighted by Gasteiger charge is -2.37. The van der Waals surface area contributed by atoms with Crippen LogP contribution in [0, 0.1) is 16.7 Å². The number of aromatic nitrogens is 1. The van der Waals surface area contributed by atoms with E-state index in [9.17, 15) is 10.1 Å². The Balaban J connectivity index is 1.84. The number of carbonyl (C=O) groups excluding carboxylic acids is 1. The monoisotopic (exact) mass is 409 g/mol. The van der Waals surface area contributed by atoms with E-state index in [1.54, 1.807) is 0 Å². The Morgan fingerprint density at radius 3 is 2.55 bits per heavy atom. The first-order valence-electron chi connectivity index (χ1n) is 10.4. The van der Waals surface area contributed by atoms with E-state index in [1.165, 1.54) is 0 Å². The molecule has 0 saturated carbocycles. The topological polar surface area (TPSA) is 91.9 Å². The number of hydrogen-bond acceptors (Lipinski definition) is 4. The highest BCUT2D eigenvalue weighted by Gasteiger charge is 2.44. The molecule has 5 heteroatoms. The van der Waals surface area contributed by atoms with Gasteiger partial charge in [-0.25, -0.2) is 0 Å². The number of nitrogens with two attached hydrogens (primary N) is 1. The van der Waals surface area contributed by atoms with Crippen LogP contribution in [0.25, 0.3) is 22.2 Å². The highest BCUT2D eigenvalue weighted by Crippen LogP contribution is 2.51. The molecule has 5 rings (SSSR count). The Hall–Kier alpha value is -3.78. The highest BCUT2D eigenvalue weighted by atomic mass is 16.5. The van der Waals surface area contributed by atoms with Gasteiger partial charge < -0.3 is 15.5 Å². The van der Waals surface area contributed by atoms with Gasteiger partial charge in [0.1, 0.15) is 17.4 Å². The van der Waals surface area contributed by atoms with Crippen molar-refractivity contribution in [2.45, 2.75) is 32.6 Å². The van der Waals surface area contributed by atoms with Crippen LogP contribution in [0.3, 0.4) is 0 Å². The van der Waals surface area contributed by atoms with E-state index in [0.717, 1.165) is 27.7 Å². The minimum absolute atomic E-state index is 0.0146. The fraction of sp³-hybridized carbons (Fsp3) is 0.231. The van der Waals surface area contributed by atoms with Crippen molar-refractivity contribution in [3.8, 4) is 17.3 Å². The van der Waals surface area contributed by atoms with E-state index in [0.29, 0.717) is 24.2 Å². The maximum absolute atomic E-state index is 13.4. The molecule has 0 saturated heterocycles. The molecule has 0 radical (unpaired) electrons. The molecule has 0 bridgehead atoms. The molecule has 2 heterocycles. The second-order valence-corrected chi connectivity index (χ2v) is 9.03. The number of ketones is 1. The van der Waals surface area contributed by atoms with Crippen LogP contribution in [-0.2, 0) is 9.53 Å². The molecule has 3 aromatic rings.